The average Bonchev–Trinajstić information content (AvgIpc) is 3.13. The van der Waals surface area contributed by atoms with Crippen molar-refractivity contribution in [2.75, 3.05) is 19.2 Å². The Labute approximate surface area is 142 Å². The van der Waals surface area contributed by atoms with Crippen LogP contribution in [0.1, 0.15) is 5.56 Å². The van der Waals surface area contributed by atoms with Crippen LogP contribution >= 0.6 is 0 Å². The number of hydrogen-bond donors (Lipinski definition) is 4. The molecule has 2 aliphatic rings. The molecule has 0 spiro atoms. The van der Waals surface area contributed by atoms with Gasteiger partial charge in [-0.2, -0.15) is 0 Å². The number of benzene rings is 1. The van der Waals surface area contributed by atoms with E-state index in [9.17, 15) is 9.18 Å². The average molecular weight is 348 g/mol. The number of nitrogens with two attached hydrogens (primary N) is 2. The molecule has 0 saturated heterocycles. The van der Waals surface area contributed by atoms with Gasteiger partial charge in [-0.05, 0) is 12.1 Å². The number of anilines is 1. The van der Waals surface area contributed by atoms with Gasteiger partial charge in [-0.1, -0.05) is 0 Å². The second-order valence-electron chi connectivity index (χ2n) is 5.29. The molecule has 3 rings (SSSR count). The normalized spacial score (nSPS) is 21.8. The SMILES string of the molecule is COc1ccc(C2(N)N=C(N)NC=C2F)c(NC(=O)N2C=COC2)c1. The van der Waals surface area contributed by atoms with Crippen LogP contribution < -0.4 is 26.8 Å². The number of halogens is 1. The molecule has 25 heavy (non-hydrogen) atoms. The first-order valence-corrected chi connectivity index (χ1v) is 7.25. The Kier molecular flexibility index (Phi) is 4.19. The predicted octanol–water partition coefficient (Wildman–Crippen LogP) is 0.828. The highest BCUT2D eigenvalue weighted by molar-refractivity contribution is 5.92. The summed E-state index contributed by atoms with van der Waals surface area (Å²) in [7, 11) is 1.47. The number of amides is 2. The number of guanidine groups is 1. The van der Waals surface area contributed by atoms with E-state index in [-0.39, 0.29) is 23.9 Å². The molecule has 9 nitrogen and oxygen atoms in total. The van der Waals surface area contributed by atoms with E-state index in [0.717, 1.165) is 6.20 Å². The molecule has 1 atom stereocenters. The van der Waals surface area contributed by atoms with Crippen LogP contribution in [0.5, 0.6) is 5.75 Å². The van der Waals surface area contributed by atoms with Crippen molar-refractivity contribution in [3.63, 3.8) is 0 Å². The highest BCUT2D eigenvalue weighted by Gasteiger charge is 2.38. The first-order valence-electron chi connectivity index (χ1n) is 7.25. The number of hydrogen-bond acceptors (Lipinski definition) is 7. The molecule has 0 bridgehead atoms. The van der Waals surface area contributed by atoms with Crippen molar-refractivity contribution in [3.05, 3.63) is 48.3 Å². The summed E-state index contributed by atoms with van der Waals surface area (Å²) in [5, 5.41) is 5.11. The smallest absolute Gasteiger partial charge is 0.328 e. The summed E-state index contributed by atoms with van der Waals surface area (Å²) < 4.78 is 24.6. The van der Waals surface area contributed by atoms with Crippen LogP contribution in [-0.4, -0.2) is 30.7 Å². The molecule has 0 fully saturated rings. The van der Waals surface area contributed by atoms with Crippen LogP contribution in [0, 0.1) is 0 Å². The van der Waals surface area contributed by atoms with Crippen LogP contribution in [0.25, 0.3) is 0 Å². The van der Waals surface area contributed by atoms with Crippen molar-refractivity contribution in [2.45, 2.75) is 5.66 Å². The molecule has 2 heterocycles. The van der Waals surface area contributed by atoms with E-state index in [1.54, 1.807) is 6.07 Å². The van der Waals surface area contributed by atoms with Gasteiger partial charge in [0.05, 0.1) is 12.8 Å². The molecule has 132 valence electrons. The maximum absolute atomic E-state index is 14.4. The molecule has 1 aromatic rings. The topological polar surface area (TPSA) is 127 Å². The summed E-state index contributed by atoms with van der Waals surface area (Å²) in [6.07, 6.45) is 3.88. The van der Waals surface area contributed by atoms with Crippen molar-refractivity contribution in [1.82, 2.24) is 10.2 Å². The molecule has 0 aliphatic carbocycles. The van der Waals surface area contributed by atoms with Gasteiger partial charge in [0.25, 0.3) is 0 Å². The second-order valence-corrected chi connectivity index (χ2v) is 5.29. The van der Waals surface area contributed by atoms with Gasteiger partial charge in [0.1, 0.15) is 12.0 Å². The van der Waals surface area contributed by atoms with E-state index in [1.165, 1.54) is 36.6 Å². The molecule has 2 amide bonds. The van der Waals surface area contributed by atoms with Crippen molar-refractivity contribution < 1.29 is 18.7 Å². The van der Waals surface area contributed by atoms with E-state index >= 15 is 0 Å². The third kappa shape index (κ3) is 3.06. The van der Waals surface area contributed by atoms with E-state index in [2.05, 4.69) is 15.6 Å². The summed E-state index contributed by atoms with van der Waals surface area (Å²) >= 11 is 0. The van der Waals surface area contributed by atoms with Crippen LogP contribution in [-0.2, 0) is 10.4 Å². The highest BCUT2D eigenvalue weighted by Crippen LogP contribution is 2.37. The zero-order valence-corrected chi connectivity index (χ0v) is 13.3. The Balaban J connectivity index is 2.01. The summed E-state index contributed by atoms with van der Waals surface area (Å²) in [6, 6.07) is 4.13. The first-order chi connectivity index (χ1) is 11.9. The zero-order chi connectivity index (χ0) is 18.0. The number of rotatable bonds is 3. The molecular formula is C15H17FN6O3. The van der Waals surface area contributed by atoms with E-state index in [0.29, 0.717) is 5.75 Å². The first kappa shape index (κ1) is 16.6. The Morgan fingerprint density at radius 3 is 3.04 bits per heavy atom. The van der Waals surface area contributed by atoms with Gasteiger partial charge >= 0.3 is 6.03 Å². The number of carbonyl (C=O) groups excluding carboxylic acids is 1. The van der Waals surface area contributed by atoms with Gasteiger partial charge in [0, 0.05) is 24.0 Å². The monoisotopic (exact) mass is 348 g/mol. The lowest BCUT2D eigenvalue weighted by atomic mass is 9.96. The third-order valence-electron chi connectivity index (χ3n) is 3.70. The number of urea groups is 1. The molecule has 0 radical (unpaired) electrons. The third-order valence-corrected chi connectivity index (χ3v) is 3.70. The fraction of sp³-hybridized carbons (Fsp3) is 0.200. The number of nitrogens with one attached hydrogen (secondary N) is 2. The van der Waals surface area contributed by atoms with Gasteiger partial charge in [-0.25, -0.2) is 14.2 Å². The maximum Gasteiger partial charge on any atom is 0.328 e. The predicted molar refractivity (Wildman–Crippen MR) is 88.8 cm³/mol. The minimum absolute atomic E-state index is 0.0483. The lowest BCUT2D eigenvalue weighted by Gasteiger charge is -2.30. The quantitative estimate of drug-likeness (QED) is 0.641. The molecule has 0 saturated carbocycles. The lowest BCUT2D eigenvalue weighted by Crippen LogP contribution is -2.45. The summed E-state index contributed by atoms with van der Waals surface area (Å²) in [5.41, 5.74) is 10.3. The van der Waals surface area contributed by atoms with Gasteiger partial charge in [-0.15, -0.1) is 0 Å². The number of ether oxygens (including phenoxy) is 2. The molecule has 2 aliphatic heterocycles. The number of methoxy groups -OCH3 is 1. The van der Waals surface area contributed by atoms with Crippen LogP contribution in [0.4, 0.5) is 14.9 Å². The second kappa shape index (κ2) is 6.32. The summed E-state index contributed by atoms with van der Waals surface area (Å²) in [5.74, 6) is -0.356. The zero-order valence-electron chi connectivity index (χ0n) is 13.3. The number of aliphatic imine (C=N–C) groups is 1. The molecule has 6 N–H and O–H groups in total. The number of nitrogens with zero attached hydrogens (tertiary/aromatic N) is 2. The van der Waals surface area contributed by atoms with Crippen LogP contribution in [0.15, 0.2) is 47.7 Å². The lowest BCUT2D eigenvalue weighted by molar-refractivity contribution is 0.175. The molecular weight excluding hydrogens is 331 g/mol. The maximum atomic E-state index is 14.4. The van der Waals surface area contributed by atoms with Gasteiger partial charge in [-0.3, -0.25) is 10.6 Å². The molecule has 1 aromatic carbocycles. The fourth-order valence-electron chi connectivity index (χ4n) is 2.39. The summed E-state index contributed by atoms with van der Waals surface area (Å²) in [6.45, 7) is 0.0716. The molecule has 0 aromatic heterocycles. The van der Waals surface area contributed by atoms with E-state index in [4.69, 9.17) is 20.9 Å². The van der Waals surface area contributed by atoms with E-state index < -0.39 is 17.5 Å². The van der Waals surface area contributed by atoms with Gasteiger partial charge < -0.3 is 25.8 Å². The summed E-state index contributed by atoms with van der Waals surface area (Å²) in [4.78, 5) is 17.6. The van der Waals surface area contributed by atoms with Crippen molar-refractivity contribution in [2.24, 2.45) is 16.5 Å². The highest BCUT2D eigenvalue weighted by atomic mass is 19.1. The van der Waals surface area contributed by atoms with Crippen LogP contribution in [0.2, 0.25) is 0 Å². The van der Waals surface area contributed by atoms with E-state index in [1.807, 2.05) is 0 Å². The minimum Gasteiger partial charge on any atom is -0.497 e. The Morgan fingerprint density at radius 2 is 2.36 bits per heavy atom. The minimum atomic E-state index is -1.87. The van der Waals surface area contributed by atoms with Crippen molar-refractivity contribution in [1.29, 1.82) is 0 Å². The molecule has 10 heteroatoms. The Morgan fingerprint density at radius 1 is 1.56 bits per heavy atom. The van der Waals surface area contributed by atoms with Gasteiger partial charge in [0.2, 0.25) is 0 Å². The standard InChI is InChI=1S/C15H17FN6O3/c1-24-9-2-3-10(15(18)12(16)7-19-13(17)21-15)11(6-9)20-14(23)22-4-5-25-8-22/h2-7H,8,18H2,1H3,(H,20,23)(H3,17,19,21). The van der Waals surface area contributed by atoms with Crippen molar-refractivity contribution >= 4 is 17.7 Å². The largest absolute Gasteiger partial charge is 0.497 e. The van der Waals surface area contributed by atoms with Gasteiger partial charge in [0.15, 0.2) is 24.2 Å². The Hall–Kier alpha value is -3.27. The Bertz CT molecular complexity index is 793. The van der Waals surface area contributed by atoms with Crippen molar-refractivity contribution in [3.8, 4) is 5.75 Å². The fourth-order valence-corrected chi connectivity index (χ4v) is 2.39. The van der Waals surface area contributed by atoms with Crippen LogP contribution in [0.3, 0.4) is 0 Å². The molecule has 1 unspecified atom stereocenters. The number of carbonyl (C=O) groups is 1.